The summed E-state index contributed by atoms with van der Waals surface area (Å²) in [4.78, 5) is 0. The summed E-state index contributed by atoms with van der Waals surface area (Å²) < 4.78 is 6.97. The Balaban J connectivity index is 1.81. The zero-order valence-electron chi connectivity index (χ0n) is 10.4. The molecule has 2 atom stereocenters. The van der Waals surface area contributed by atoms with Gasteiger partial charge in [-0.25, -0.2) is 0 Å². The predicted molar refractivity (Wildman–Crippen MR) is 78.3 cm³/mol. The minimum Gasteiger partial charge on any atom is -0.490 e. The van der Waals surface area contributed by atoms with E-state index in [1.807, 2.05) is 36.4 Å². The smallest absolute Gasteiger partial charge is 0.126 e. The highest BCUT2D eigenvalue weighted by Crippen LogP contribution is 2.37. The highest BCUT2D eigenvalue weighted by atomic mass is 79.9. The molecule has 0 amide bonds. The van der Waals surface area contributed by atoms with Crippen LogP contribution >= 0.6 is 15.9 Å². The molecular weight excluding hydrogens is 304 g/mol. The minimum atomic E-state index is -0.439. The monoisotopic (exact) mass is 318 g/mol. The third-order valence-corrected chi connectivity index (χ3v) is 3.91. The van der Waals surface area contributed by atoms with Crippen LogP contribution in [-0.4, -0.2) is 11.2 Å². The van der Waals surface area contributed by atoms with Crippen molar-refractivity contribution >= 4 is 15.9 Å². The number of aliphatic hydroxyl groups is 1. The molecule has 1 N–H and O–H groups in total. The molecule has 1 heterocycles. The van der Waals surface area contributed by atoms with Gasteiger partial charge < -0.3 is 9.84 Å². The molecule has 2 aromatic carbocycles. The van der Waals surface area contributed by atoms with Crippen molar-refractivity contribution < 1.29 is 9.84 Å². The van der Waals surface area contributed by atoms with Crippen LogP contribution in [0.3, 0.4) is 0 Å². The Morgan fingerprint density at radius 3 is 2.74 bits per heavy atom. The number of fused-ring (bicyclic) bond motifs is 1. The van der Waals surface area contributed by atoms with Crippen LogP contribution in [0.2, 0.25) is 0 Å². The Labute approximate surface area is 121 Å². The summed E-state index contributed by atoms with van der Waals surface area (Å²) in [5.74, 6) is 0.786. The predicted octanol–water partition coefficient (Wildman–Crippen LogP) is 3.88. The number of benzene rings is 2. The van der Waals surface area contributed by atoms with Gasteiger partial charge in [0.1, 0.15) is 11.9 Å². The average molecular weight is 319 g/mol. The highest BCUT2D eigenvalue weighted by molar-refractivity contribution is 9.10. The lowest BCUT2D eigenvalue weighted by atomic mass is 9.95. The molecule has 19 heavy (non-hydrogen) atoms. The van der Waals surface area contributed by atoms with Gasteiger partial charge in [-0.3, -0.25) is 0 Å². The number of aliphatic hydroxyl groups excluding tert-OH is 1. The van der Waals surface area contributed by atoms with Crippen LogP contribution in [0.1, 0.15) is 23.7 Å². The van der Waals surface area contributed by atoms with Crippen molar-refractivity contribution in [2.24, 2.45) is 0 Å². The van der Waals surface area contributed by atoms with E-state index in [9.17, 15) is 5.11 Å². The Kier molecular flexibility index (Phi) is 3.58. The van der Waals surface area contributed by atoms with E-state index in [0.29, 0.717) is 6.42 Å². The molecular formula is C16H15BrO2. The Morgan fingerprint density at radius 1 is 1.16 bits per heavy atom. The lowest BCUT2D eigenvalue weighted by Gasteiger charge is -2.30. The van der Waals surface area contributed by atoms with Crippen LogP contribution in [0.25, 0.3) is 0 Å². The normalized spacial score (nSPS) is 21.6. The zero-order valence-corrected chi connectivity index (χ0v) is 12.0. The second-order valence-electron chi connectivity index (χ2n) is 4.86. The minimum absolute atomic E-state index is 0.0270. The molecule has 0 bridgehead atoms. The van der Waals surface area contributed by atoms with Crippen LogP contribution in [0.15, 0.2) is 53.0 Å². The van der Waals surface area contributed by atoms with E-state index in [2.05, 4.69) is 28.1 Å². The highest BCUT2D eigenvalue weighted by Gasteiger charge is 2.26. The molecule has 0 radical (unpaired) electrons. The van der Waals surface area contributed by atoms with E-state index < -0.39 is 6.10 Å². The van der Waals surface area contributed by atoms with Gasteiger partial charge in [-0.2, -0.15) is 0 Å². The van der Waals surface area contributed by atoms with Crippen LogP contribution in [-0.2, 0) is 6.42 Å². The maximum absolute atomic E-state index is 10.2. The van der Waals surface area contributed by atoms with Gasteiger partial charge in [-0.15, -0.1) is 0 Å². The van der Waals surface area contributed by atoms with Crippen molar-refractivity contribution in [3.63, 3.8) is 0 Å². The van der Waals surface area contributed by atoms with Gasteiger partial charge in [0.2, 0.25) is 0 Å². The molecule has 2 nitrogen and oxygen atoms in total. The van der Waals surface area contributed by atoms with Gasteiger partial charge in [-0.1, -0.05) is 52.3 Å². The van der Waals surface area contributed by atoms with Gasteiger partial charge in [0, 0.05) is 22.9 Å². The van der Waals surface area contributed by atoms with Gasteiger partial charge in [0.25, 0.3) is 0 Å². The second kappa shape index (κ2) is 5.35. The van der Waals surface area contributed by atoms with Gasteiger partial charge in [0.05, 0.1) is 6.10 Å². The first-order chi connectivity index (χ1) is 9.22. The fraction of sp³-hybridized carbons (Fsp3) is 0.250. The molecule has 1 aliphatic heterocycles. The first-order valence-corrected chi connectivity index (χ1v) is 7.20. The number of ether oxygens (including phenoxy) is 1. The Morgan fingerprint density at radius 2 is 1.95 bits per heavy atom. The van der Waals surface area contributed by atoms with E-state index in [1.54, 1.807) is 0 Å². The lowest BCUT2D eigenvalue weighted by molar-refractivity contribution is 0.0662. The largest absolute Gasteiger partial charge is 0.490 e. The van der Waals surface area contributed by atoms with Gasteiger partial charge >= 0.3 is 0 Å². The van der Waals surface area contributed by atoms with Crippen LogP contribution < -0.4 is 4.74 Å². The van der Waals surface area contributed by atoms with Crippen molar-refractivity contribution in [2.75, 3.05) is 0 Å². The third-order valence-electron chi connectivity index (χ3n) is 3.42. The van der Waals surface area contributed by atoms with Gasteiger partial charge in [-0.05, 0) is 17.7 Å². The summed E-state index contributed by atoms with van der Waals surface area (Å²) in [7, 11) is 0. The summed E-state index contributed by atoms with van der Waals surface area (Å²) in [5, 5.41) is 10.2. The lowest BCUT2D eigenvalue weighted by Crippen LogP contribution is -2.27. The number of halogens is 1. The third kappa shape index (κ3) is 2.82. The van der Waals surface area contributed by atoms with Crippen molar-refractivity contribution in [1.82, 2.24) is 0 Å². The van der Waals surface area contributed by atoms with Crippen LogP contribution in [0.5, 0.6) is 5.75 Å². The Hall–Kier alpha value is -1.32. The molecule has 0 fully saturated rings. The standard InChI is InChI=1S/C16H15BrO2/c17-12-6-7-14-15(18)10-13(19-16(14)9-12)8-11-4-2-1-3-5-11/h1-7,9,13,15,18H,8,10H2. The quantitative estimate of drug-likeness (QED) is 0.910. The summed E-state index contributed by atoms with van der Waals surface area (Å²) in [5.41, 5.74) is 2.12. The SMILES string of the molecule is OC1CC(Cc2ccccc2)Oc2cc(Br)ccc21. The molecule has 0 saturated heterocycles. The molecule has 0 saturated carbocycles. The van der Waals surface area contributed by atoms with Crippen LogP contribution in [0.4, 0.5) is 0 Å². The molecule has 3 rings (SSSR count). The molecule has 2 aromatic rings. The average Bonchev–Trinajstić information content (AvgIpc) is 2.39. The molecule has 98 valence electrons. The van der Waals surface area contributed by atoms with Crippen molar-refractivity contribution in [1.29, 1.82) is 0 Å². The first kappa shape index (κ1) is 12.7. The number of hydrogen-bond donors (Lipinski definition) is 1. The molecule has 2 unspecified atom stereocenters. The van der Waals surface area contributed by atoms with E-state index >= 15 is 0 Å². The molecule has 0 aromatic heterocycles. The van der Waals surface area contributed by atoms with E-state index in [0.717, 1.165) is 22.2 Å². The van der Waals surface area contributed by atoms with Gasteiger partial charge in [0.15, 0.2) is 0 Å². The van der Waals surface area contributed by atoms with E-state index in [4.69, 9.17) is 4.74 Å². The Bertz CT molecular complexity index is 568. The summed E-state index contributed by atoms with van der Waals surface area (Å²) >= 11 is 3.44. The molecule has 3 heteroatoms. The second-order valence-corrected chi connectivity index (χ2v) is 5.78. The zero-order chi connectivity index (χ0) is 13.2. The molecule has 0 aliphatic carbocycles. The van der Waals surface area contributed by atoms with Crippen molar-refractivity contribution in [3.8, 4) is 5.75 Å². The van der Waals surface area contributed by atoms with Crippen LogP contribution in [0, 0.1) is 0 Å². The number of rotatable bonds is 2. The van der Waals surface area contributed by atoms with Crippen molar-refractivity contribution in [3.05, 3.63) is 64.1 Å². The maximum atomic E-state index is 10.2. The first-order valence-electron chi connectivity index (χ1n) is 6.40. The fourth-order valence-corrected chi connectivity index (χ4v) is 2.83. The summed E-state index contributed by atoms with van der Waals surface area (Å²) in [6, 6.07) is 16.0. The maximum Gasteiger partial charge on any atom is 0.126 e. The summed E-state index contributed by atoms with van der Waals surface area (Å²) in [6.45, 7) is 0. The van der Waals surface area contributed by atoms with Crippen molar-refractivity contribution in [2.45, 2.75) is 25.0 Å². The fourth-order valence-electron chi connectivity index (χ4n) is 2.49. The summed E-state index contributed by atoms with van der Waals surface area (Å²) in [6.07, 6.45) is 1.05. The van der Waals surface area contributed by atoms with E-state index in [-0.39, 0.29) is 6.10 Å². The molecule has 0 spiro atoms. The van der Waals surface area contributed by atoms with E-state index in [1.165, 1.54) is 5.56 Å². The topological polar surface area (TPSA) is 29.5 Å². The number of hydrogen-bond acceptors (Lipinski definition) is 2. The molecule has 1 aliphatic rings.